The number of phosphoric ester groups is 1. The smallest absolute Gasteiger partial charge is 0.433 e. The highest BCUT2D eigenvalue weighted by molar-refractivity contribution is 7.47. The number of carbonyl (C=O) groups excluding carboxylic acids is 1. The summed E-state index contributed by atoms with van der Waals surface area (Å²) in [4.78, 5) is 20.7. The monoisotopic (exact) mass is 408 g/mol. The van der Waals surface area contributed by atoms with Crippen LogP contribution < -0.4 is 0 Å². The zero-order valence-corrected chi connectivity index (χ0v) is 17.8. The fraction of sp³-hybridized carbons (Fsp3) is 0.842. The van der Waals surface area contributed by atoms with E-state index in [0.29, 0.717) is 6.42 Å². The molecule has 0 heterocycles. The van der Waals surface area contributed by atoms with Crippen molar-refractivity contribution in [2.45, 2.75) is 90.8 Å². The second kappa shape index (κ2) is 16.3. The predicted molar refractivity (Wildman–Crippen MR) is 105 cm³/mol. The van der Waals surface area contributed by atoms with E-state index >= 15 is 0 Å². The fourth-order valence-corrected chi connectivity index (χ4v) is 3.13. The van der Waals surface area contributed by atoms with Gasteiger partial charge in [0.1, 0.15) is 0 Å². The van der Waals surface area contributed by atoms with E-state index in [2.05, 4.69) is 18.2 Å². The van der Waals surface area contributed by atoms with Crippen molar-refractivity contribution in [3.05, 3.63) is 12.2 Å². The van der Waals surface area contributed by atoms with Gasteiger partial charge < -0.3 is 14.7 Å². The third-order valence-electron chi connectivity index (χ3n) is 3.96. The van der Waals surface area contributed by atoms with Gasteiger partial charge in [-0.25, -0.2) is 9.36 Å². The zero-order chi connectivity index (χ0) is 20.5. The van der Waals surface area contributed by atoms with Gasteiger partial charge in [-0.15, -0.1) is 0 Å². The quantitative estimate of drug-likeness (QED) is 0.110. The molecule has 27 heavy (non-hydrogen) atoms. The molecule has 0 amide bonds. The first-order chi connectivity index (χ1) is 12.8. The first-order valence-electron chi connectivity index (χ1n) is 9.95. The van der Waals surface area contributed by atoms with Crippen LogP contribution in [-0.2, 0) is 23.1 Å². The molecule has 160 valence electrons. The molecular weight excluding hydrogens is 371 g/mol. The standard InChI is InChI=1S/C19H37O7P/c1-4-5-6-7-8-9-10-11-12-13-15-24-27(22,23)25-16-14-18(20)26-19(21)17(2)3/h18,20H,2,4-16H2,1,3H3,(H,22,23). The number of phosphoric acid groups is 1. The summed E-state index contributed by atoms with van der Waals surface area (Å²) in [6, 6.07) is 0. The fourth-order valence-electron chi connectivity index (χ4n) is 2.36. The van der Waals surface area contributed by atoms with Crippen molar-refractivity contribution in [2.75, 3.05) is 13.2 Å². The Hall–Kier alpha value is -0.720. The van der Waals surface area contributed by atoms with Gasteiger partial charge in [-0.3, -0.25) is 9.05 Å². The van der Waals surface area contributed by atoms with Crippen LogP contribution in [0.3, 0.4) is 0 Å². The minimum atomic E-state index is -4.15. The van der Waals surface area contributed by atoms with E-state index in [1.165, 1.54) is 51.9 Å². The number of carbonyl (C=O) groups is 1. The molecule has 0 saturated heterocycles. The Morgan fingerprint density at radius 1 is 0.963 bits per heavy atom. The lowest BCUT2D eigenvalue weighted by molar-refractivity contribution is -0.164. The summed E-state index contributed by atoms with van der Waals surface area (Å²) in [5.41, 5.74) is 0.155. The van der Waals surface area contributed by atoms with Gasteiger partial charge in [0, 0.05) is 12.0 Å². The Balaban J connectivity index is 3.59. The lowest BCUT2D eigenvalue weighted by atomic mass is 10.1. The van der Waals surface area contributed by atoms with Crippen LogP contribution in [0.15, 0.2) is 12.2 Å². The lowest BCUT2D eigenvalue weighted by Crippen LogP contribution is -2.19. The van der Waals surface area contributed by atoms with Crippen LogP contribution in [0.25, 0.3) is 0 Å². The number of aliphatic hydroxyl groups excluding tert-OH is 1. The first-order valence-corrected chi connectivity index (χ1v) is 11.4. The highest BCUT2D eigenvalue weighted by Gasteiger charge is 2.21. The van der Waals surface area contributed by atoms with Crippen molar-refractivity contribution < 1.29 is 33.1 Å². The van der Waals surface area contributed by atoms with Gasteiger partial charge in [-0.05, 0) is 13.3 Å². The average molecular weight is 408 g/mol. The topological polar surface area (TPSA) is 102 Å². The second-order valence-corrected chi connectivity index (χ2v) is 8.20. The molecule has 2 atom stereocenters. The molecule has 0 bridgehead atoms. The van der Waals surface area contributed by atoms with E-state index in [9.17, 15) is 19.4 Å². The molecule has 8 heteroatoms. The van der Waals surface area contributed by atoms with Gasteiger partial charge in [0.2, 0.25) is 6.29 Å². The van der Waals surface area contributed by atoms with Gasteiger partial charge in [-0.1, -0.05) is 71.3 Å². The normalized spacial score (nSPS) is 14.5. The van der Waals surface area contributed by atoms with Crippen molar-refractivity contribution in [2.24, 2.45) is 0 Å². The largest absolute Gasteiger partial charge is 0.472 e. The van der Waals surface area contributed by atoms with E-state index < -0.39 is 20.1 Å². The molecule has 0 aliphatic heterocycles. The SMILES string of the molecule is C=C(C)C(=O)OC(O)CCOP(=O)(O)OCCCCCCCCCCCC. The van der Waals surface area contributed by atoms with E-state index in [4.69, 9.17) is 9.05 Å². The number of hydrogen-bond donors (Lipinski definition) is 2. The molecule has 0 aliphatic rings. The molecule has 0 aromatic rings. The molecule has 0 saturated carbocycles. The summed E-state index contributed by atoms with van der Waals surface area (Å²) < 4.78 is 26.0. The molecule has 2 unspecified atom stereocenters. The Morgan fingerprint density at radius 2 is 1.44 bits per heavy atom. The van der Waals surface area contributed by atoms with Gasteiger partial charge in [0.15, 0.2) is 0 Å². The van der Waals surface area contributed by atoms with Gasteiger partial charge in [0.25, 0.3) is 0 Å². The highest BCUT2D eigenvalue weighted by atomic mass is 31.2. The molecule has 0 radical (unpaired) electrons. The third kappa shape index (κ3) is 17.1. The Labute approximate surface area is 163 Å². The van der Waals surface area contributed by atoms with Crippen LogP contribution in [-0.4, -0.2) is 35.5 Å². The highest BCUT2D eigenvalue weighted by Crippen LogP contribution is 2.43. The molecule has 0 aromatic carbocycles. The maximum Gasteiger partial charge on any atom is 0.472 e. The van der Waals surface area contributed by atoms with Crippen LogP contribution in [0.5, 0.6) is 0 Å². The summed E-state index contributed by atoms with van der Waals surface area (Å²) in [7, 11) is -4.15. The van der Waals surface area contributed by atoms with Crippen LogP contribution >= 0.6 is 7.82 Å². The number of unbranched alkanes of at least 4 members (excludes halogenated alkanes) is 9. The predicted octanol–water partition coefficient (Wildman–Crippen LogP) is 4.87. The maximum absolute atomic E-state index is 11.7. The van der Waals surface area contributed by atoms with Crippen LogP contribution in [0.4, 0.5) is 0 Å². The second-order valence-electron chi connectivity index (χ2n) is 6.75. The summed E-state index contributed by atoms with van der Waals surface area (Å²) in [5, 5.41) is 9.47. The molecular formula is C19H37O7P. The zero-order valence-electron chi connectivity index (χ0n) is 16.9. The van der Waals surface area contributed by atoms with Crippen LogP contribution in [0, 0.1) is 0 Å². The van der Waals surface area contributed by atoms with Crippen molar-refractivity contribution in [3.8, 4) is 0 Å². The molecule has 0 fully saturated rings. The molecule has 0 rings (SSSR count). The van der Waals surface area contributed by atoms with E-state index in [1.54, 1.807) is 0 Å². The van der Waals surface area contributed by atoms with Crippen molar-refractivity contribution in [3.63, 3.8) is 0 Å². The summed E-state index contributed by atoms with van der Waals surface area (Å²) in [5.74, 6) is -0.730. The number of ether oxygens (including phenoxy) is 1. The van der Waals surface area contributed by atoms with Crippen molar-refractivity contribution in [1.29, 1.82) is 0 Å². The number of esters is 1. The molecule has 2 N–H and O–H groups in total. The number of rotatable bonds is 18. The summed E-state index contributed by atoms with van der Waals surface area (Å²) in [6.45, 7) is 6.93. The first kappa shape index (κ1) is 26.3. The van der Waals surface area contributed by atoms with Crippen molar-refractivity contribution >= 4 is 13.8 Å². The van der Waals surface area contributed by atoms with E-state index in [-0.39, 0.29) is 25.2 Å². The molecule has 0 aromatic heterocycles. The van der Waals surface area contributed by atoms with Crippen molar-refractivity contribution in [1.82, 2.24) is 0 Å². The van der Waals surface area contributed by atoms with E-state index in [1.807, 2.05) is 0 Å². The third-order valence-corrected chi connectivity index (χ3v) is 4.98. The lowest BCUT2D eigenvalue weighted by Gasteiger charge is -2.14. The van der Waals surface area contributed by atoms with Gasteiger partial charge in [-0.2, -0.15) is 0 Å². The van der Waals surface area contributed by atoms with Gasteiger partial charge in [0.05, 0.1) is 13.2 Å². The maximum atomic E-state index is 11.7. The van der Waals surface area contributed by atoms with Gasteiger partial charge >= 0.3 is 13.8 Å². The van der Waals surface area contributed by atoms with Crippen LogP contribution in [0.1, 0.15) is 84.5 Å². The minimum Gasteiger partial charge on any atom is -0.433 e. The van der Waals surface area contributed by atoms with E-state index in [0.717, 1.165) is 12.8 Å². The number of hydrogen-bond acceptors (Lipinski definition) is 6. The Morgan fingerprint density at radius 3 is 1.96 bits per heavy atom. The Kier molecular flexibility index (Phi) is 15.8. The minimum absolute atomic E-state index is 0.134. The summed E-state index contributed by atoms with van der Waals surface area (Å²) >= 11 is 0. The Bertz CT molecular complexity index is 453. The molecule has 0 aliphatic carbocycles. The summed E-state index contributed by atoms with van der Waals surface area (Å²) in [6.07, 6.45) is 10.1. The molecule has 7 nitrogen and oxygen atoms in total. The average Bonchev–Trinajstić information content (AvgIpc) is 2.59. The van der Waals surface area contributed by atoms with Crippen LogP contribution in [0.2, 0.25) is 0 Å². The molecule has 0 spiro atoms. The number of aliphatic hydroxyl groups is 1.